The molecule has 1 aromatic heterocycles. The summed E-state index contributed by atoms with van der Waals surface area (Å²) in [5.41, 5.74) is 6.22. The SMILES string of the molecule is NC(=O)c1cccc2c(NCc3cccc(CC(=O)c4ccccc4C(F)(F)F)c3)ncnc12. The first-order valence-electron chi connectivity index (χ1n) is 10.3. The number of fused-ring (bicyclic) bond motifs is 1. The lowest BCUT2D eigenvalue weighted by Crippen LogP contribution is -2.14. The molecule has 0 spiro atoms. The summed E-state index contributed by atoms with van der Waals surface area (Å²) < 4.78 is 39.8. The number of amides is 1. The highest BCUT2D eigenvalue weighted by Crippen LogP contribution is 2.32. The summed E-state index contributed by atoms with van der Waals surface area (Å²) in [5, 5.41) is 3.79. The van der Waals surface area contributed by atoms with Crippen molar-refractivity contribution in [2.75, 3.05) is 5.32 Å². The third-order valence-electron chi connectivity index (χ3n) is 5.28. The van der Waals surface area contributed by atoms with E-state index in [1.54, 1.807) is 36.4 Å². The Kier molecular flexibility index (Phi) is 6.27. The molecule has 1 amide bonds. The third kappa shape index (κ3) is 4.88. The molecule has 0 radical (unpaired) electrons. The first-order valence-corrected chi connectivity index (χ1v) is 10.3. The molecular formula is C25H19F3N4O2. The van der Waals surface area contributed by atoms with Crippen LogP contribution in [0.1, 0.15) is 37.4 Å². The van der Waals surface area contributed by atoms with Gasteiger partial charge >= 0.3 is 6.18 Å². The number of hydrogen-bond acceptors (Lipinski definition) is 5. The highest BCUT2D eigenvalue weighted by Gasteiger charge is 2.34. The van der Waals surface area contributed by atoms with E-state index >= 15 is 0 Å². The molecule has 3 aromatic carbocycles. The van der Waals surface area contributed by atoms with Crippen molar-refractivity contribution in [2.24, 2.45) is 5.73 Å². The Bertz CT molecular complexity index is 1390. The summed E-state index contributed by atoms with van der Waals surface area (Å²) >= 11 is 0. The third-order valence-corrected chi connectivity index (χ3v) is 5.28. The van der Waals surface area contributed by atoms with Crippen molar-refractivity contribution < 1.29 is 22.8 Å². The number of alkyl halides is 3. The molecule has 4 rings (SSSR count). The van der Waals surface area contributed by atoms with Gasteiger partial charge in [-0.15, -0.1) is 0 Å². The van der Waals surface area contributed by atoms with E-state index in [2.05, 4.69) is 15.3 Å². The highest BCUT2D eigenvalue weighted by atomic mass is 19.4. The Hall–Kier alpha value is -4.27. The molecular weight excluding hydrogens is 445 g/mol. The van der Waals surface area contributed by atoms with E-state index in [0.29, 0.717) is 28.8 Å². The average molecular weight is 464 g/mol. The largest absolute Gasteiger partial charge is 0.417 e. The second-order valence-corrected chi connectivity index (χ2v) is 7.61. The summed E-state index contributed by atoms with van der Waals surface area (Å²) in [4.78, 5) is 32.7. The van der Waals surface area contributed by atoms with Gasteiger partial charge in [0.15, 0.2) is 5.78 Å². The zero-order valence-electron chi connectivity index (χ0n) is 17.8. The number of aromatic nitrogens is 2. The molecule has 0 aliphatic heterocycles. The van der Waals surface area contributed by atoms with Gasteiger partial charge in [-0.1, -0.05) is 48.5 Å². The number of carbonyl (C=O) groups is 2. The molecule has 0 aliphatic rings. The second kappa shape index (κ2) is 9.30. The van der Waals surface area contributed by atoms with Crippen LogP contribution in [0.5, 0.6) is 0 Å². The highest BCUT2D eigenvalue weighted by molar-refractivity contribution is 6.06. The van der Waals surface area contributed by atoms with Crippen molar-refractivity contribution in [2.45, 2.75) is 19.1 Å². The number of ketones is 1. The van der Waals surface area contributed by atoms with Gasteiger partial charge in [0.05, 0.1) is 16.6 Å². The average Bonchev–Trinajstić information content (AvgIpc) is 2.82. The van der Waals surface area contributed by atoms with Gasteiger partial charge in [-0.05, 0) is 29.3 Å². The fraction of sp³-hybridized carbons (Fsp3) is 0.120. The predicted octanol–water partition coefficient (Wildman–Crippen LogP) is 4.79. The van der Waals surface area contributed by atoms with Crippen molar-refractivity contribution in [3.05, 3.63) is 101 Å². The van der Waals surface area contributed by atoms with Gasteiger partial charge in [-0.25, -0.2) is 9.97 Å². The molecule has 172 valence electrons. The molecule has 0 saturated carbocycles. The maximum absolute atomic E-state index is 13.3. The number of para-hydroxylation sites is 1. The molecule has 34 heavy (non-hydrogen) atoms. The van der Waals surface area contributed by atoms with Gasteiger partial charge in [-0.2, -0.15) is 13.2 Å². The number of primary amides is 1. The van der Waals surface area contributed by atoms with Gasteiger partial charge in [0.25, 0.3) is 5.91 Å². The Morgan fingerprint density at radius 2 is 1.59 bits per heavy atom. The quantitative estimate of drug-likeness (QED) is 0.384. The number of halogens is 3. The Labute approximate surface area is 192 Å². The van der Waals surface area contributed by atoms with Crippen LogP contribution in [0.3, 0.4) is 0 Å². The van der Waals surface area contributed by atoms with Crippen LogP contribution < -0.4 is 11.1 Å². The summed E-state index contributed by atoms with van der Waals surface area (Å²) in [7, 11) is 0. The predicted molar refractivity (Wildman–Crippen MR) is 121 cm³/mol. The molecule has 0 bridgehead atoms. The van der Waals surface area contributed by atoms with Crippen molar-refractivity contribution in [1.29, 1.82) is 0 Å². The summed E-state index contributed by atoms with van der Waals surface area (Å²) in [6, 6.07) is 16.8. The van der Waals surface area contributed by atoms with Crippen LogP contribution in [-0.2, 0) is 19.1 Å². The second-order valence-electron chi connectivity index (χ2n) is 7.61. The fourth-order valence-electron chi connectivity index (χ4n) is 3.72. The number of hydrogen-bond donors (Lipinski definition) is 2. The van der Waals surface area contributed by atoms with Crippen LogP contribution in [0.25, 0.3) is 10.9 Å². The molecule has 3 N–H and O–H groups in total. The maximum Gasteiger partial charge on any atom is 0.417 e. The topological polar surface area (TPSA) is 98.0 Å². The van der Waals surface area contributed by atoms with E-state index in [1.165, 1.54) is 24.5 Å². The number of benzene rings is 3. The van der Waals surface area contributed by atoms with E-state index in [1.807, 2.05) is 6.07 Å². The molecule has 1 heterocycles. The smallest absolute Gasteiger partial charge is 0.366 e. The Balaban J connectivity index is 1.52. The summed E-state index contributed by atoms with van der Waals surface area (Å²) in [5.74, 6) is -0.716. The van der Waals surface area contributed by atoms with E-state index in [9.17, 15) is 22.8 Å². The number of rotatable bonds is 7. The zero-order chi connectivity index (χ0) is 24.3. The van der Waals surface area contributed by atoms with Crippen LogP contribution in [0.4, 0.5) is 19.0 Å². The molecule has 0 aliphatic carbocycles. The number of nitrogens with two attached hydrogens (primary N) is 1. The standard InChI is InChI=1S/C25H19F3N4O2/c26-25(27,28)20-10-2-1-7-17(20)21(33)12-15-5-3-6-16(11-15)13-30-24-19-9-4-8-18(23(29)34)22(19)31-14-32-24/h1-11,14H,12-13H2,(H2,29,34)(H,30,31,32). The van der Waals surface area contributed by atoms with Crippen LogP contribution in [0, 0.1) is 0 Å². The molecule has 0 atom stereocenters. The zero-order valence-corrected chi connectivity index (χ0v) is 17.8. The van der Waals surface area contributed by atoms with Gasteiger partial charge in [-0.3, -0.25) is 9.59 Å². The summed E-state index contributed by atoms with van der Waals surface area (Å²) in [6.07, 6.45) is -3.45. The molecule has 0 saturated heterocycles. The molecule has 4 aromatic rings. The normalized spacial score (nSPS) is 11.4. The lowest BCUT2D eigenvalue weighted by molar-refractivity contribution is -0.137. The van der Waals surface area contributed by atoms with Crippen molar-refractivity contribution in [1.82, 2.24) is 9.97 Å². The van der Waals surface area contributed by atoms with E-state index in [4.69, 9.17) is 5.73 Å². The number of anilines is 1. The first kappa shape index (κ1) is 22.9. The molecule has 6 nitrogen and oxygen atoms in total. The van der Waals surface area contributed by atoms with Gasteiger partial charge < -0.3 is 11.1 Å². The minimum Gasteiger partial charge on any atom is -0.366 e. The number of nitrogens with zero attached hydrogens (tertiary/aromatic N) is 2. The number of Topliss-reactive ketones (excluding diaryl/α,β-unsaturated/α-hetero) is 1. The lowest BCUT2D eigenvalue weighted by Gasteiger charge is -2.12. The minimum atomic E-state index is -4.60. The van der Waals surface area contributed by atoms with Gasteiger partial charge in [0.1, 0.15) is 12.1 Å². The minimum absolute atomic E-state index is 0.167. The van der Waals surface area contributed by atoms with E-state index < -0.39 is 23.4 Å². The van der Waals surface area contributed by atoms with Crippen LogP contribution in [0.15, 0.2) is 73.1 Å². The Morgan fingerprint density at radius 3 is 2.35 bits per heavy atom. The van der Waals surface area contributed by atoms with Crippen LogP contribution in [-0.4, -0.2) is 21.7 Å². The lowest BCUT2D eigenvalue weighted by atomic mass is 9.97. The maximum atomic E-state index is 13.3. The van der Waals surface area contributed by atoms with Crippen molar-refractivity contribution in [3.63, 3.8) is 0 Å². The molecule has 0 fully saturated rings. The van der Waals surface area contributed by atoms with Gasteiger partial charge in [0, 0.05) is 23.9 Å². The monoisotopic (exact) mass is 464 g/mol. The van der Waals surface area contributed by atoms with Crippen molar-refractivity contribution in [3.8, 4) is 0 Å². The Morgan fingerprint density at radius 1 is 0.882 bits per heavy atom. The van der Waals surface area contributed by atoms with Crippen LogP contribution >= 0.6 is 0 Å². The number of nitrogens with one attached hydrogen (secondary N) is 1. The van der Waals surface area contributed by atoms with Gasteiger partial charge in [0.2, 0.25) is 0 Å². The van der Waals surface area contributed by atoms with Crippen LogP contribution in [0.2, 0.25) is 0 Å². The number of carbonyl (C=O) groups excluding carboxylic acids is 2. The fourth-order valence-corrected chi connectivity index (χ4v) is 3.72. The first-order chi connectivity index (χ1) is 16.2. The van der Waals surface area contributed by atoms with E-state index in [0.717, 1.165) is 11.6 Å². The van der Waals surface area contributed by atoms with Crippen molar-refractivity contribution >= 4 is 28.4 Å². The summed E-state index contributed by atoms with van der Waals surface area (Å²) in [6.45, 7) is 0.327. The molecule has 9 heteroatoms. The van der Waals surface area contributed by atoms with E-state index in [-0.39, 0.29) is 17.5 Å². The molecule has 0 unspecified atom stereocenters.